The maximum absolute atomic E-state index is 12.5. The van der Waals surface area contributed by atoms with Gasteiger partial charge >= 0.3 is 5.97 Å². The molecule has 0 radical (unpaired) electrons. The van der Waals surface area contributed by atoms with E-state index in [1.807, 2.05) is 6.92 Å². The number of aromatic nitrogens is 1. The number of nitrogens with one attached hydrogen (secondary N) is 1. The maximum atomic E-state index is 12.5. The van der Waals surface area contributed by atoms with Crippen LogP contribution in [0, 0.1) is 6.92 Å². The van der Waals surface area contributed by atoms with Gasteiger partial charge in [0.2, 0.25) is 0 Å². The number of aryl methyl sites for hydroxylation is 1. The number of aliphatic carboxylic acids is 1. The van der Waals surface area contributed by atoms with Gasteiger partial charge in [-0.05, 0) is 38.0 Å². The highest BCUT2D eigenvalue weighted by Crippen LogP contribution is 2.16. The molecule has 0 aliphatic heterocycles. The predicted molar refractivity (Wildman–Crippen MR) is 92.0 cm³/mol. The smallest absolute Gasteiger partial charge is 0.303 e. The van der Waals surface area contributed by atoms with Gasteiger partial charge < -0.3 is 10.4 Å². The summed E-state index contributed by atoms with van der Waals surface area (Å²) in [6.45, 7) is 2.20. The Hall–Kier alpha value is -2.61. The molecule has 0 atom stereocenters. The highest BCUT2D eigenvalue weighted by molar-refractivity contribution is 7.90. The maximum Gasteiger partial charge on any atom is 0.303 e. The van der Waals surface area contributed by atoms with E-state index in [1.165, 1.54) is 30.6 Å². The Morgan fingerprint density at radius 1 is 1.12 bits per heavy atom. The van der Waals surface area contributed by atoms with Crippen molar-refractivity contribution in [2.24, 2.45) is 0 Å². The van der Waals surface area contributed by atoms with Crippen LogP contribution in [0.3, 0.4) is 0 Å². The van der Waals surface area contributed by atoms with Crippen LogP contribution >= 0.6 is 0 Å². The SMILES string of the molecule is Cc1ccc(S(=O)(=O)n2ccc(C(=O)NCCCCC(=O)O)c2)cc1. The third kappa shape index (κ3) is 4.93. The molecule has 0 spiro atoms. The number of hydrogen-bond acceptors (Lipinski definition) is 4. The number of rotatable bonds is 8. The molecule has 134 valence electrons. The summed E-state index contributed by atoms with van der Waals surface area (Å²) in [7, 11) is -3.74. The lowest BCUT2D eigenvalue weighted by molar-refractivity contribution is -0.137. The Labute approximate surface area is 146 Å². The van der Waals surface area contributed by atoms with Crippen LogP contribution in [0.15, 0.2) is 47.6 Å². The molecule has 1 heterocycles. The average molecular weight is 364 g/mol. The quantitative estimate of drug-likeness (QED) is 0.697. The second-order valence-electron chi connectivity index (χ2n) is 5.65. The van der Waals surface area contributed by atoms with Gasteiger partial charge in [0, 0.05) is 25.4 Å². The molecule has 0 aliphatic carbocycles. The van der Waals surface area contributed by atoms with E-state index in [1.54, 1.807) is 12.1 Å². The predicted octanol–water partition coefficient (Wildman–Crippen LogP) is 2.02. The minimum atomic E-state index is -3.74. The van der Waals surface area contributed by atoms with E-state index in [4.69, 9.17) is 5.11 Å². The molecule has 0 saturated heterocycles. The number of carbonyl (C=O) groups excluding carboxylic acids is 1. The van der Waals surface area contributed by atoms with Crippen molar-refractivity contribution in [3.8, 4) is 0 Å². The molecule has 8 heteroatoms. The topological polar surface area (TPSA) is 105 Å². The summed E-state index contributed by atoms with van der Waals surface area (Å²) in [6.07, 6.45) is 3.66. The monoisotopic (exact) mass is 364 g/mol. The zero-order chi connectivity index (χ0) is 18.4. The molecule has 0 unspecified atom stereocenters. The minimum absolute atomic E-state index is 0.0566. The lowest BCUT2D eigenvalue weighted by atomic mass is 10.2. The van der Waals surface area contributed by atoms with Crippen LogP contribution in [-0.4, -0.2) is 35.9 Å². The van der Waals surface area contributed by atoms with Gasteiger partial charge in [-0.25, -0.2) is 12.4 Å². The van der Waals surface area contributed by atoms with E-state index in [0.717, 1.165) is 9.54 Å². The summed E-state index contributed by atoms with van der Waals surface area (Å²) in [5, 5.41) is 11.2. The molecule has 2 rings (SSSR count). The van der Waals surface area contributed by atoms with E-state index >= 15 is 0 Å². The van der Waals surface area contributed by atoms with E-state index in [9.17, 15) is 18.0 Å². The molecule has 0 fully saturated rings. The normalized spacial score (nSPS) is 11.2. The molecular formula is C17H20N2O5S. The fourth-order valence-electron chi connectivity index (χ4n) is 2.20. The van der Waals surface area contributed by atoms with Crippen LogP contribution in [0.4, 0.5) is 0 Å². The summed E-state index contributed by atoms with van der Waals surface area (Å²) in [4.78, 5) is 22.6. The minimum Gasteiger partial charge on any atom is -0.481 e. The van der Waals surface area contributed by atoms with Crippen molar-refractivity contribution in [3.63, 3.8) is 0 Å². The number of nitrogens with zero attached hydrogens (tertiary/aromatic N) is 1. The molecule has 1 aromatic heterocycles. The van der Waals surface area contributed by atoms with Gasteiger partial charge in [0.15, 0.2) is 0 Å². The van der Waals surface area contributed by atoms with Crippen molar-refractivity contribution in [2.45, 2.75) is 31.1 Å². The van der Waals surface area contributed by atoms with Gasteiger partial charge in [-0.3, -0.25) is 9.59 Å². The van der Waals surface area contributed by atoms with Gasteiger partial charge in [-0.15, -0.1) is 0 Å². The lowest BCUT2D eigenvalue weighted by Gasteiger charge is -2.06. The summed E-state index contributed by atoms with van der Waals surface area (Å²) < 4.78 is 26.1. The van der Waals surface area contributed by atoms with Gasteiger partial charge in [0.25, 0.3) is 15.9 Å². The van der Waals surface area contributed by atoms with Gasteiger partial charge in [-0.2, -0.15) is 0 Å². The standard InChI is InChI=1S/C17H20N2O5S/c1-13-5-7-15(8-6-13)25(23,24)19-11-9-14(12-19)17(22)18-10-3-2-4-16(20)21/h5-9,11-12H,2-4,10H2,1H3,(H,18,22)(H,20,21). The van der Waals surface area contributed by atoms with E-state index < -0.39 is 21.9 Å². The second kappa shape index (κ2) is 7.98. The fraction of sp³-hybridized carbons (Fsp3) is 0.294. The molecule has 0 aliphatic rings. The number of hydrogen-bond donors (Lipinski definition) is 2. The van der Waals surface area contributed by atoms with Gasteiger partial charge in [0.1, 0.15) is 0 Å². The summed E-state index contributed by atoms with van der Waals surface area (Å²) in [6, 6.07) is 7.89. The number of carbonyl (C=O) groups is 2. The zero-order valence-corrected chi connectivity index (χ0v) is 14.6. The second-order valence-corrected chi connectivity index (χ2v) is 7.50. The first-order valence-corrected chi connectivity index (χ1v) is 9.25. The number of carboxylic acids is 1. The van der Waals surface area contributed by atoms with Crippen LogP contribution in [0.5, 0.6) is 0 Å². The highest BCUT2D eigenvalue weighted by Gasteiger charge is 2.18. The third-order valence-corrected chi connectivity index (χ3v) is 5.28. The molecule has 0 saturated carbocycles. The number of benzene rings is 1. The fourth-order valence-corrected chi connectivity index (χ4v) is 3.39. The van der Waals surface area contributed by atoms with Crippen molar-refractivity contribution in [1.82, 2.24) is 9.29 Å². The van der Waals surface area contributed by atoms with Crippen LogP contribution in [0.1, 0.15) is 35.2 Å². The van der Waals surface area contributed by atoms with Gasteiger partial charge in [-0.1, -0.05) is 17.7 Å². The largest absolute Gasteiger partial charge is 0.481 e. The number of amides is 1. The van der Waals surface area contributed by atoms with Crippen LogP contribution < -0.4 is 5.32 Å². The van der Waals surface area contributed by atoms with Crippen molar-refractivity contribution in [3.05, 3.63) is 53.9 Å². The van der Waals surface area contributed by atoms with Crippen LogP contribution in [0.25, 0.3) is 0 Å². The molecule has 1 amide bonds. The molecule has 0 bridgehead atoms. The molecule has 2 N–H and O–H groups in total. The van der Waals surface area contributed by atoms with Crippen molar-refractivity contribution >= 4 is 21.9 Å². The summed E-state index contributed by atoms with van der Waals surface area (Å²) >= 11 is 0. The number of unbranched alkanes of at least 4 members (excludes halogenated alkanes) is 1. The molecule has 25 heavy (non-hydrogen) atoms. The lowest BCUT2D eigenvalue weighted by Crippen LogP contribution is -2.24. The van der Waals surface area contributed by atoms with E-state index in [2.05, 4.69) is 5.32 Å². The average Bonchev–Trinajstić information content (AvgIpc) is 3.05. The Balaban J connectivity index is 2.00. The molecular weight excluding hydrogens is 344 g/mol. The van der Waals surface area contributed by atoms with Crippen molar-refractivity contribution < 1.29 is 23.1 Å². The zero-order valence-electron chi connectivity index (χ0n) is 13.8. The summed E-state index contributed by atoms with van der Waals surface area (Å²) in [5.74, 6) is -1.27. The van der Waals surface area contributed by atoms with E-state index in [0.29, 0.717) is 19.4 Å². The van der Waals surface area contributed by atoms with Crippen LogP contribution in [0.2, 0.25) is 0 Å². The first-order valence-electron chi connectivity index (χ1n) is 7.81. The Morgan fingerprint density at radius 3 is 2.44 bits per heavy atom. The van der Waals surface area contributed by atoms with Gasteiger partial charge in [0.05, 0.1) is 10.5 Å². The third-order valence-electron chi connectivity index (χ3n) is 3.63. The molecule has 1 aromatic carbocycles. The van der Waals surface area contributed by atoms with Crippen LogP contribution in [-0.2, 0) is 14.8 Å². The van der Waals surface area contributed by atoms with Crippen molar-refractivity contribution in [2.75, 3.05) is 6.54 Å². The number of carboxylic acid groups (broad SMARTS) is 1. The Bertz CT molecular complexity index is 853. The highest BCUT2D eigenvalue weighted by atomic mass is 32.2. The Kier molecular flexibility index (Phi) is 5.97. The molecule has 7 nitrogen and oxygen atoms in total. The molecule has 2 aromatic rings. The van der Waals surface area contributed by atoms with Crippen molar-refractivity contribution in [1.29, 1.82) is 0 Å². The first-order chi connectivity index (χ1) is 11.8. The Morgan fingerprint density at radius 2 is 1.80 bits per heavy atom. The summed E-state index contributed by atoms with van der Waals surface area (Å²) in [5.41, 5.74) is 1.18. The van der Waals surface area contributed by atoms with E-state index in [-0.39, 0.29) is 16.9 Å². The first kappa shape index (κ1) is 18.7.